The Morgan fingerprint density at radius 2 is 2.12 bits per heavy atom. The second kappa shape index (κ2) is 5.79. The van der Waals surface area contributed by atoms with Crippen molar-refractivity contribution < 1.29 is 13.5 Å². The van der Waals surface area contributed by atoms with Crippen LogP contribution in [0.15, 0.2) is 14.1 Å². The Labute approximate surface area is 114 Å². The molecule has 0 aliphatic carbocycles. The number of halogens is 1. The van der Waals surface area contributed by atoms with Gasteiger partial charge in [0.2, 0.25) is 0 Å². The monoisotopic (exact) mass is 341 g/mol. The summed E-state index contributed by atoms with van der Waals surface area (Å²) in [7, 11) is -3.50. The minimum Gasteiger partial charge on any atom is -0.395 e. The fourth-order valence-electron chi connectivity index (χ4n) is 1.43. The van der Waals surface area contributed by atoms with Gasteiger partial charge < -0.3 is 5.11 Å². The number of rotatable bonds is 5. The van der Waals surface area contributed by atoms with E-state index in [1.54, 1.807) is 19.9 Å². The van der Waals surface area contributed by atoms with Crippen molar-refractivity contribution in [3.63, 3.8) is 0 Å². The minimum atomic E-state index is -3.50. The molecule has 0 saturated carbocycles. The van der Waals surface area contributed by atoms with Crippen LogP contribution in [0.3, 0.4) is 0 Å². The molecular formula is C10H16BrNO3S2. The smallest absolute Gasteiger partial charge is 0.252 e. The lowest BCUT2D eigenvalue weighted by atomic mass is 10.4. The lowest BCUT2D eigenvalue weighted by Crippen LogP contribution is -2.38. The Morgan fingerprint density at radius 3 is 2.47 bits per heavy atom. The van der Waals surface area contributed by atoms with E-state index in [-0.39, 0.29) is 19.2 Å². The summed E-state index contributed by atoms with van der Waals surface area (Å²) in [4.78, 5) is 0. The van der Waals surface area contributed by atoms with Crippen molar-refractivity contribution >= 4 is 37.3 Å². The van der Waals surface area contributed by atoms with E-state index in [0.29, 0.717) is 4.21 Å². The fourth-order valence-corrected chi connectivity index (χ4v) is 5.41. The number of thiophene rings is 1. The zero-order valence-corrected chi connectivity index (χ0v) is 13.2. The molecule has 0 saturated heterocycles. The van der Waals surface area contributed by atoms with E-state index < -0.39 is 10.0 Å². The van der Waals surface area contributed by atoms with E-state index in [1.807, 2.05) is 6.92 Å². The maximum absolute atomic E-state index is 12.3. The standard InChI is InChI=1S/C10H16BrNO3S2/c1-7(2)12(4-5-13)17(14,15)9-6-8(3)10(11)16-9/h6-7,13H,4-5H2,1-3H3. The van der Waals surface area contributed by atoms with Crippen molar-refractivity contribution in [1.82, 2.24) is 4.31 Å². The van der Waals surface area contributed by atoms with Crippen LogP contribution in [0.25, 0.3) is 0 Å². The highest BCUT2D eigenvalue weighted by molar-refractivity contribution is 9.11. The van der Waals surface area contributed by atoms with Crippen molar-refractivity contribution in [3.05, 3.63) is 15.4 Å². The topological polar surface area (TPSA) is 57.6 Å². The Hall–Kier alpha value is 0.0500. The molecule has 0 unspecified atom stereocenters. The van der Waals surface area contributed by atoms with Gasteiger partial charge in [0.15, 0.2) is 0 Å². The van der Waals surface area contributed by atoms with E-state index in [0.717, 1.165) is 9.35 Å². The molecule has 98 valence electrons. The zero-order chi connectivity index (χ0) is 13.2. The molecule has 0 radical (unpaired) electrons. The number of aliphatic hydroxyl groups is 1. The van der Waals surface area contributed by atoms with Gasteiger partial charge in [-0.1, -0.05) is 0 Å². The lowest BCUT2D eigenvalue weighted by Gasteiger charge is -2.24. The molecule has 0 aliphatic rings. The van der Waals surface area contributed by atoms with Crippen LogP contribution in [-0.4, -0.2) is 37.0 Å². The number of hydrogen-bond donors (Lipinski definition) is 1. The summed E-state index contributed by atoms with van der Waals surface area (Å²) in [5, 5.41) is 8.94. The van der Waals surface area contributed by atoms with E-state index in [2.05, 4.69) is 15.9 Å². The number of hydrogen-bond acceptors (Lipinski definition) is 4. The molecule has 4 nitrogen and oxygen atoms in total. The maximum atomic E-state index is 12.3. The van der Waals surface area contributed by atoms with Crippen molar-refractivity contribution in [1.29, 1.82) is 0 Å². The molecule has 1 N–H and O–H groups in total. The van der Waals surface area contributed by atoms with Crippen LogP contribution in [0.2, 0.25) is 0 Å². The zero-order valence-electron chi connectivity index (χ0n) is 9.97. The first-order valence-corrected chi connectivity index (χ1v) is 8.24. The van der Waals surface area contributed by atoms with E-state index in [4.69, 9.17) is 5.11 Å². The van der Waals surface area contributed by atoms with Crippen LogP contribution in [0.1, 0.15) is 19.4 Å². The van der Waals surface area contributed by atoms with Crippen molar-refractivity contribution in [2.24, 2.45) is 0 Å². The summed E-state index contributed by atoms with van der Waals surface area (Å²) in [5.41, 5.74) is 0.904. The highest BCUT2D eigenvalue weighted by Gasteiger charge is 2.28. The van der Waals surface area contributed by atoms with E-state index >= 15 is 0 Å². The van der Waals surface area contributed by atoms with Crippen LogP contribution in [0.4, 0.5) is 0 Å². The molecule has 0 bridgehead atoms. The SMILES string of the molecule is Cc1cc(S(=O)(=O)N(CCO)C(C)C)sc1Br. The van der Waals surface area contributed by atoms with Gasteiger partial charge in [-0.3, -0.25) is 0 Å². The molecule has 1 heterocycles. The number of aliphatic hydroxyl groups excluding tert-OH is 1. The molecule has 1 rings (SSSR count). The average molecular weight is 342 g/mol. The molecule has 1 aromatic heterocycles. The predicted molar refractivity (Wildman–Crippen MR) is 72.9 cm³/mol. The third-order valence-corrected chi connectivity index (χ3v) is 6.96. The molecule has 17 heavy (non-hydrogen) atoms. The molecule has 0 aromatic carbocycles. The highest BCUT2D eigenvalue weighted by atomic mass is 79.9. The van der Waals surface area contributed by atoms with Gasteiger partial charge in [0.1, 0.15) is 4.21 Å². The summed E-state index contributed by atoms with van der Waals surface area (Å²) >= 11 is 4.52. The van der Waals surface area contributed by atoms with E-state index in [1.165, 1.54) is 15.6 Å². The largest absolute Gasteiger partial charge is 0.395 e. The summed E-state index contributed by atoms with van der Waals surface area (Å²) in [6, 6.07) is 1.48. The molecule has 0 spiro atoms. The quantitative estimate of drug-likeness (QED) is 0.893. The average Bonchev–Trinajstić information content (AvgIpc) is 2.55. The van der Waals surface area contributed by atoms with Crippen LogP contribution in [0, 0.1) is 6.92 Å². The molecule has 7 heteroatoms. The summed E-state index contributed by atoms with van der Waals surface area (Å²) in [6.07, 6.45) is 0. The molecule has 0 fully saturated rings. The number of sulfonamides is 1. The van der Waals surface area contributed by atoms with Gasteiger partial charge in [0.25, 0.3) is 10.0 Å². The van der Waals surface area contributed by atoms with Crippen molar-refractivity contribution in [3.8, 4) is 0 Å². The minimum absolute atomic E-state index is 0.120. The van der Waals surface area contributed by atoms with Crippen LogP contribution >= 0.6 is 27.3 Å². The van der Waals surface area contributed by atoms with Crippen LogP contribution < -0.4 is 0 Å². The van der Waals surface area contributed by atoms with Gasteiger partial charge in [0.05, 0.1) is 10.4 Å². The highest BCUT2D eigenvalue weighted by Crippen LogP contribution is 2.32. The number of nitrogens with zero attached hydrogens (tertiary/aromatic N) is 1. The molecule has 0 aliphatic heterocycles. The van der Waals surface area contributed by atoms with Gasteiger partial charge >= 0.3 is 0 Å². The van der Waals surface area contributed by atoms with Crippen molar-refractivity contribution in [2.45, 2.75) is 31.0 Å². The lowest BCUT2D eigenvalue weighted by molar-refractivity contribution is 0.237. The Balaban J connectivity index is 3.16. The maximum Gasteiger partial charge on any atom is 0.252 e. The first-order valence-electron chi connectivity index (χ1n) is 5.19. The van der Waals surface area contributed by atoms with Crippen LogP contribution in [-0.2, 0) is 10.0 Å². The Kier molecular flexibility index (Phi) is 5.15. The third kappa shape index (κ3) is 3.29. The Bertz CT molecular complexity index is 462. The second-order valence-electron chi connectivity index (χ2n) is 3.96. The summed E-state index contributed by atoms with van der Waals surface area (Å²) in [5.74, 6) is 0. The summed E-state index contributed by atoms with van der Waals surface area (Å²) < 4.78 is 27.1. The molecule has 0 amide bonds. The normalized spacial score (nSPS) is 12.6. The first-order chi connectivity index (χ1) is 7.80. The van der Waals surface area contributed by atoms with Gasteiger partial charge in [-0.2, -0.15) is 4.31 Å². The van der Waals surface area contributed by atoms with Gasteiger partial charge in [0, 0.05) is 12.6 Å². The molecular weight excluding hydrogens is 326 g/mol. The third-order valence-electron chi connectivity index (χ3n) is 2.29. The fraction of sp³-hybridized carbons (Fsp3) is 0.600. The number of aryl methyl sites for hydroxylation is 1. The molecule has 1 aromatic rings. The second-order valence-corrected chi connectivity index (χ2v) is 8.44. The van der Waals surface area contributed by atoms with Crippen molar-refractivity contribution in [2.75, 3.05) is 13.2 Å². The summed E-state index contributed by atoms with van der Waals surface area (Å²) in [6.45, 7) is 5.38. The van der Waals surface area contributed by atoms with Crippen LogP contribution in [0.5, 0.6) is 0 Å². The first kappa shape index (κ1) is 15.1. The van der Waals surface area contributed by atoms with Gasteiger partial charge in [-0.25, -0.2) is 8.42 Å². The Morgan fingerprint density at radius 1 is 1.53 bits per heavy atom. The predicted octanol–water partition coefficient (Wildman–Crippen LogP) is 2.21. The van der Waals surface area contributed by atoms with Gasteiger partial charge in [-0.05, 0) is 48.3 Å². The van der Waals surface area contributed by atoms with E-state index in [9.17, 15) is 8.42 Å². The van der Waals surface area contributed by atoms with Gasteiger partial charge in [-0.15, -0.1) is 11.3 Å². The molecule has 0 atom stereocenters.